The summed E-state index contributed by atoms with van der Waals surface area (Å²) in [6.07, 6.45) is 0. The van der Waals surface area contributed by atoms with E-state index in [1.165, 1.54) is 20.2 Å². The minimum Gasteiger partial charge on any atom is -0.456 e. The summed E-state index contributed by atoms with van der Waals surface area (Å²) in [4.78, 5) is 20.2. The van der Waals surface area contributed by atoms with Gasteiger partial charge in [-0.3, -0.25) is 0 Å². The van der Waals surface area contributed by atoms with Crippen LogP contribution >= 0.6 is 22.7 Å². The van der Waals surface area contributed by atoms with Gasteiger partial charge in [0.1, 0.15) is 16.2 Å². The number of rotatable bonds is 4. The first-order chi connectivity index (χ1) is 23.3. The molecule has 10 rings (SSSR count). The summed E-state index contributed by atoms with van der Waals surface area (Å²) in [5, 5.41) is 5.52. The fraction of sp³-hybridized carbons (Fsp3) is 0. The SMILES string of the molecule is c1ccc(-c2nc(-c3ccc4oc5ccccc5c4c3)nc(-c3cccc4c3sc3c(-c5nc6ccccc6s5)cccc34)n2)cc1. The zero-order valence-corrected chi connectivity index (χ0v) is 26.3. The molecule has 4 heterocycles. The van der Waals surface area contributed by atoms with E-state index in [9.17, 15) is 0 Å². The van der Waals surface area contributed by atoms with E-state index in [4.69, 9.17) is 24.4 Å². The van der Waals surface area contributed by atoms with Gasteiger partial charge in [0, 0.05) is 53.2 Å². The van der Waals surface area contributed by atoms with Crippen LogP contribution in [0.2, 0.25) is 0 Å². The number of hydrogen-bond acceptors (Lipinski definition) is 7. The van der Waals surface area contributed by atoms with Crippen molar-refractivity contribution in [3.8, 4) is 44.7 Å². The zero-order chi connectivity index (χ0) is 30.9. The normalized spacial score (nSPS) is 11.8. The molecular formula is C40H22N4OS2. The number of para-hydroxylation sites is 2. The van der Waals surface area contributed by atoms with Gasteiger partial charge in [0.2, 0.25) is 0 Å². The molecule has 0 aliphatic carbocycles. The Balaban J connectivity index is 1.19. The highest BCUT2D eigenvalue weighted by molar-refractivity contribution is 7.27. The van der Waals surface area contributed by atoms with E-state index >= 15 is 0 Å². The summed E-state index contributed by atoms with van der Waals surface area (Å²) in [5.74, 6) is 1.90. The van der Waals surface area contributed by atoms with Crippen molar-refractivity contribution in [2.45, 2.75) is 0 Å². The molecule has 6 aromatic carbocycles. The number of hydrogen-bond donors (Lipinski definition) is 0. The number of aromatic nitrogens is 4. The predicted octanol–water partition coefficient (Wildman–Crippen LogP) is 11.4. The highest BCUT2D eigenvalue weighted by Gasteiger charge is 2.19. The lowest BCUT2D eigenvalue weighted by atomic mass is 10.1. The van der Waals surface area contributed by atoms with E-state index in [-0.39, 0.29) is 0 Å². The molecule has 4 aromatic heterocycles. The fourth-order valence-corrected chi connectivity index (χ4v) is 8.74. The largest absolute Gasteiger partial charge is 0.456 e. The number of thiazole rings is 1. The molecule has 0 amide bonds. The van der Waals surface area contributed by atoms with E-state index in [1.54, 1.807) is 22.7 Å². The lowest BCUT2D eigenvalue weighted by Gasteiger charge is -2.09. The van der Waals surface area contributed by atoms with Crippen molar-refractivity contribution in [1.29, 1.82) is 0 Å². The molecule has 0 N–H and O–H groups in total. The predicted molar refractivity (Wildman–Crippen MR) is 195 cm³/mol. The lowest BCUT2D eigenvalue weighted by molar-refractivity contribution is 0.669. The third-order valence-electron chi connectivity index (χ3n) is 8.59. The van der Waals surface area contributed by atoms with Crippen molar-refractivity contribution in [3.63, 3.8) is 0 Å². The van der Waals surface area contributed by atoms with Crippen molar-refractivity contribution in [2.75, 3.05) is 0 Å². The van der Waals surface area contributed by atoms with Gasteiger partial charge in [-0.15, -0.1) is 22.7 Å². The summed E-state index contributed by atoms with van der Waals surface area (Å²) in [6, 6.07) is 45.6. The van der Waals surface area contributed by atoms with Gasteiger partial charge in [-0.25, -0.2) is 19.9 Å². The van der Waals surface area contributed by atoms with Crippen LogP contribution in [0.25, 0.3) is 97.1 Å². The van der Waals surface area contributed by atoms with Crippen LogP contribution < -0.4 is 0 Å². The second kappa shape index (κ2) is 10.4. The van der Waals surface area contributed by atoms with E-state index in [0.29, 0.717) is 17.5 Å². The van der Waals surface area contributed by atoms with Gasteiger partial charge in [-0.2, -0.15) is 0 Å². The molecule has 220 valence electrons. The average molecular weight is 639 g/mol. The van der Waals surface area contributed by atoms with Crippen LogP contribution in [0.4, 0.5) is 0 Å². The molecule has 0 spiro atoms. The first kappa shape index (κ1) is 26.5. The molecule has 0 atom stereocenters. The Hall–Kier alpha value is -5.76. The minimum atomic E-state index is 0.620. The lowest BCUT2D eigenvalue weighted by Crippen LogP contribution is -2.00. The molecule has 5 nitrogen and oxygen atoms in total. The molecule has 7 heteroatoms. The standard InChI is InChI=1S/C40H22N4OS2/c1-2-10-23(11-3-1)37-42-38(24-20-21-33-30(22-24)25-12-4-6-18-32(25)45-33)44-39(43-37)28-15-8-13-26-27-14-9-16-29(36(27)47-35(26)28)40-41-31-17-5-7-19-34(31)46-40/h1-22H. The number of nitrogens with zero attached hydrogens (tertiary/aromatic N) is 4. The Morgan fingerprint density at radius 2 is 1.09 bits per heavy atom. The van der Waals surface area contributed by atoms with E-state index < -0.39 is 0 Å². The van der Waals surface area contributed by atoms with Gasteiger partial charge in [0.15, 0.2) is 17.5 Å². The second-order valence-corrected chi connectivity index (χ2v) is 13.5. The maximum atomic E-state index is 6.11. The van der Waals surface area contributed by atoms with Gasteiger partial charge < -0.3 is 4.42 Å². The van der Waals surface area contributed by atoms with Crippen LogP contribution in [-0.2, 0) is 0 Å². The van der Waals surface area contributed by atoms with Crippen molar-refractivity contribution >= 4 is 75.0 Å². The maximum Gasteiger partial charge on any atom is 0.165 e. The molecule has 0 unspecified atom stereocenters. The molecule has 0 bridgehead atoms. The number of thiophene rings is 1. The number of benzene rings is 6. The Morgan fingerprint density at radius 3 is 1.94 bits per heavy atom. The number of fused-ring (bicyclic) bond motifs is 7. The minimum absolute atomic E-state index is 0.620. The van der Waals surface area contributed by atoms with Crippen LogP contribution in [0.5, 0.6) is 0 Å². The Labute approximate surface area is 276 Å². The molecule has 10 aromatic rings. The zero-order valence-electron chi connectivity index (χ0n) is 24.7. The third kappa shape index (κ3) is 4.28. The summed E-state index contributed by atoms with van der Waals surface area (Å²) >= 11 is 3.51. The van der Waals surface area contributed by atoms with Crippen LogP contribution in [0.1, 0.15) is 0 Å². The smallest absolute Gasteiger partial charge is 0.165 e. The van der Waals surface area contributed by atoms with Gasteiger partial charge in [-0.05, 0) is 42.5 Å². The van der Waals surface area contributed by atoms with E-state index in [2.05, 4.69) is 66.7 Å². The first-order valence-corrected chi connectivity index (χ1v) is 16.9. The first-order valence-electron chi connectivity index (χ1n) is 15.3. The van der Waals surface area contributed by atoms with Gasteiger partial charge in [0.05, 0.1) is 10.2 Å². The highest BCUT2D eigenvalue weighted by atomic mass is 32.1. The van der Waals surface area contributed by atoms with Crippen molar-refractivity contribution < 1.29 is 4.42 Å². The molecular weight excluding hydrogens is 617 g/mol. The van der Waals surface area contributed by atoms with Gasteiger partial charge in [-0.1, -0.05) is 91.0 Å². The van der Waals surface area contributed by atoms with E-state index in [0.717, 1.165) is 59.4 Å². The van der Waals surface area contributed by atoms with Crippen LogP contribution in [0.3, 0.4) is 0 Å². The second-order valence-electron chi connectivity index (χ2n) is 11.4. The van der Waals surface area contributed by atoms with Crippen molar-refractivity contribution in [1.82, 2.24) is 19.9 Å². The summed E-state index contributed by atoms with van der Waals surface area (Å²) in [7, 11) is 0. The average Bonchev–Trinajstić information content (AvgIpc) is 3.85. The topological polar surface area (TPSA) is 64.7 Å². The highest BCUT2D eigenvalue weighted by Crippen LogP contribution is 2.45. The molecule has 0 saturated heterocycles. The molecule has 0 aliphatic rings. The molecule has 0 radical (unpaired) electrons. The third-order valence-corrected chi connectivity index (χ3v) is 10.9. The number of furan rings is 1. The van der Waals surface area contributed by atoms with E-state index in [1.807, 2.05) is 66.7 Å². The Kier molecular flexibility index (Phi) is 5.85. The van der Waals surface area contributed by atoms with Gasteiger partial charge in [0.25, 0.3) is 0 Å². The van der Waals surface area contributed by atoms with Crippen LogP contribution in [-0.4, -0.2) is 19.9 Å². The van der Waals surface area contributed by atoms with Crippen molar-refractivity contribution in [3.05, 3.63) is 133 Å². The molecule has 0 saturated carbocycles. The van der Waals surface area contributed by atoms with Crippen molar-refractivity contribution in [2.24, 2.45) is 0 Å². The quantitative estimate of drug-likeness (QED) is 0.192. The Bertz CT molecular complexity index is 2780. The summed E-state index contributed by atoms with van der Waals surface area (Å²) in [6.45, 7) is 0. The molecule has 0 aliphatic heterocycles. The van der Waals surface area contributed by atoms with Gasteiger partial charge >= 0.3 is 0 Å². The monoisotopic (exact) mass is 638 g/mol. The van der Waals surface area contributed by atoms with Crippen LogP contribution in [0.15, 0.2) is 138 Å². The summed E-state index contributed by atoms with van der Waals surface area (Å²) < 4.78 is 9.65. The molecule has 0 fully saturated rings. The molecule has 47 heavy (non-hydrogen) atoms. The Morgan fingerprint density at radius 1 is 0.426 bits per heavy atom. The summed E-state index contributed by atoms with van der Waals surface area (Å²) in [5.41, 5.74) is 6.71. The van der Waals surface area contributed by atoms with Crippen LogP contribution in [0, 0.1) is 0 Å². The maximum absolute atomic E-state index is 6.11. The fourth-order valence-electron chi connectivity index (χ4n) is 6.36.